The van der Waals surface area contributed by atoms with Gasteiger partial charge >= 0.3 is 0 Å². The first kappa shape index (κ1) is 13.1. The summed E-state index contributed by atoms with van der Waals surface area (Å²) in [7, 11) is 0. The Labute approximate surface area is 122 Å². The van der Waals surface area contributed by atoms with Gasteiger partial charge in [0.2, 0.25) is 0 Å². The third kappa shape index (κ3) is 2.84. The smallest absolute Gasteiger partial charge is 0.178 e. The second-order valence-corrected chi connectivity index (χ2v) is 4.70. The molecule has 0 radical (unpaired) electrons. The van der Waals surface area contributed by atoms with Gasteiger partial charge in [-0.3, -0.25) is 0 Å². The van der Waals surface area contributed by atoms with Gasteiger partial charge in [0.05, 0.1) is 5.69 Å². The highest BCUT2D eigenvalue weighted by molar-refractivity contribution is 5.56. The molecule has 21 heavy (non-hydrogen) atoms. The monoisotopic (exact) mass is 281 g/mol. The summed E-state index contributed by atoms with van der Waals surface area (Å²) in [5.41, 5.74) is 2.76. The Bertz CT molecular complexity index is 740. The van der Waals surface area contributed by atoms with Crippen molar-refractivity contribution in [1.29, 1.82) is 0 Å². The second-order valence-electron chi connectivity index (χ2n) is 4.70. The van der Waals surface area contributed by atoms with E-state index in [1.165, 1.54) is 6.33 Å². The Hall–Kier alpha value is -2.89. The third-order valence-electron chi connectivity index (χ3n) is 3.13. The maximum Gasteiger partial charge on any atom is 0.178 e. The normalized spacial score (nSPS) is 10.5. The van der Waals surface area contributed by atoms with E-state index in [0.717, 1.165) is 16.8 Å². The van der Waals surface area contributed by atoms with Gasteiger partial charge in [0.25, 0.3) is 0 Å². The predicted molar refractivity (Wildman–Crippen MR) is 79.3 cm³/mol. The Kier molecular flexibility index (Phi) is 3.51. The lowest BCUT2D eigenvalue weighted by Crippen LogP contribution is -2.06. The van der Waals surface area contributed by atoms with E-state index in [0.29, 0.717) is 12.4 Å². The van der Waals surface area contributed by atoms with Gasteiger partial charge in [0.1, 0.15) is 18.4 Å². The summed E-state index contributed by atoms with van der Waals surface area (Å²) in [5.74, 6) is 0.946. The van der Waals surface area contributed by atoms with Gasteiger partial charge in [-0.15, -0.1) is 0 Å². The van der Waals surface area contributed by atoms with Crippen molar-refractivity contribution in [2.45, 2.75) is 13.5 Å². The Morgan fingerprint density at radius 1 is 1.29 bits per heavy atom. The molecular weight excluding hydrogens is 266 g/mol. The fourth-order valence-electron chi connectivity index (χ4n) is 2.08. The van der Waals surface area contributed by atoms with E-state index < -0.39 is 0 Å². The number of aromatic nitrogens is 4. The van der Waals surface area contributed by atoms with Gasteiger partial charge in [-0.2, -0.15) is 5.10 Å². The van der Waals surface area contributed by atoms with Crippen LogP contribution in [0.15, 0.2) is 49.2 Å². The second kappa shape index (κ2) is 5.62. The standard InChI is InChI=1S/C15H15N5O/c1-11-4-5-14(21)12(7-11)8-18-13-3-2-6-17-15(13)20-10-16-9-19-20/h2-7,9-10,18,21H,8H2,1H3. The average Bonchev–Trinajstić information content (AvgIpc) is 3.03. The molecule has 0 aliphatic rings. The molecular formula is C15H15N5O. The SMILES string of the molecule is Cc1ccc(O)c(CNc2cccnc2-n2cncn2)c1. The zero-order valence-corrected chi connectivity index (χ0v) is 11.6. The highest BCUT2D eigenvalue weighted by Gasteiger charge is 2.07. The Morgan fingerprint density at radius 3 is 3.00 bits per heavy atom. The van der Waals surface area contributed by atoms with Crippen LogP contribution in [0.3, 0.4) is 0 Å². The van der Waals surface area contributed by atoms with Gasteiger partial charge in [0, 0.05) is 18.3 Å². The number of pyridine rings is 1. The number of aryl methyl sites for hydroxylation is 1. The van der Waals surface area contributed by atoms with E-state index in [1.807, 2.05) is 31.2 Å². The summed E-state index contributed by atoms with van der Waals surface area (Å²) in [5, 5.41) is 17.2. The maximum atomic E-state index is 9.88. The third-order valence-corrected chi connectivity index (χ3v) is 3.13. The molecule has 0 spiro atoms. The number of aromatic hydroxyl groups is 1. The van der Waals surface area contributed by atoms with Crippen molar-refractivity contribution in [3.63, 3.8) is 0 Å². The molecule has 2 aromatic heterocycles. The number of rotatable bonds is 4. The molecule has 0 fully saturated rings. The first-order valence-electron chi connectivity index (χ1n) is 6.56. The number of anilines is 1. The van der Waals surface area contributed by atoms with Crippen LogP contribution in [-0.2, 0) is 6.54 Å². The van der Waals surface area contributed by atoms with Crippen LogP contribution in [-0.4, -0.2) is 24.9 Å². The molecule has 106 valence electrons. The molecule has 0 amide bonds. The molecule has 0 unspecified atom stereocenters. The molecule has 0 saturated heterocycles. The average molecular weight is 281 g/mol. The summed E-state index contributed by atoms with van der Waals surface area (Å²) in [6.45, 7) is 2.49. The zero-order chi connectivity index (χ0) is 14.7. The van der Waals surface area contributed by atoms with Gasteiger partial charge in [0.15, 0.2) is 5.82 Å². The quantitative estimate of drug-likeness (QED) is 0.767. The summed E-state index contributed by atoms with van der Waals surface area (Å²) in [6.07, 6.45) is 4.76. The minimum atomic E-state index is 0.277. The largest absolute Gasteiger partial charge is 0.508 e. The molecule has 6 heteroatoms. The van der Waals surface area contributed by atoms with Crippen LogP contribution in [0.4, 0.5) is 5.69 Å². The predicted octanol–water partition coefficient (Wildman–Crippen LogP) is 2.29. The van der Waals surface area contributed by atoms with Crippen molar-refractivity contribution in [1.82, 2.24) is 19.7 Å². The molecule has 1 aromatic carbocycles. The fourth-order valence-corrected chi connectivity index (χ4v) is 2.08. The number of benzene rings is 1. The number of nitrogens with one attached hydrogen (secondary N) is 1. The van der Waals surface area contributed by atoms with Crippen LogP contribution in [0.5, 0.6) is 5.75 Å². The minimum Gasteiger partial charge on any atom is -0.508 e. The van der Waals surface area contributed by atoms with E-state index >= 15 is 0 Å². The number of phenols is 1. The van der Waals surface area contributed by atoms with E-state index in [9.17, 15) is 5.11 Å². The summed E-state index contributed by atoms with van der Waals surface area (Å²) in [6, 6.07) is 9.29. The van der Waals surface area contributed by atoms with Crippen LogP contribution in [0.25, 0.3) is 5.82 Å². The van der Waals surface area contributed by atoms with E-state index in [4.69, 9.17) is 0 Å². The molecule has 2 heterocycles. The number of phenolic OH excluding ortho intramolecular Hbond substituents is 1. The Balaban J connectivity index is 1.84. The summed E-state index contributed by atoms with van der Waals surface area (Å²) >= 11 is 0. The van der Waals surface area contributed by atoms with Crippen molar-refractivity contribution < 1.29 is 5.11 Å². The van der Waals surface area contributed by atoms with Crippen molar-refractivity contribution in [2.75, 3.05) is 5.32 Å². The van der Waals surface area contributed by atoms with Crippen LogP contribution in [0, 0.1) is 6.92 Å². The summed E-state index contributed by atoms with van der Waals surface area (Å²) < 4.78 is 1.60. The van der Waals surface area contributed by atoms with Crippen molar-refractivity contribution in [3.05, 3.63) is 60.3 Å². The van der Waals surface area contributed by atoms with Crippen molar-refractivity contribution >= 4 is 5.69 Å². The molecule has 3 rings (SSSR count). The highest BCUT2D eigenvalue weighted by atomic mass is 16.3. The number of nitrogens with zero attached hydrogens (tertiary/aromatic N) is 4. The van der Waals surface area contributed by atoms with Crippen LogP contribution < -0.4 is 5.32 Å². The molecule has 3 aromatic rings. The van der Waals surface area contributed by atoms with E-state index in [1.54, 1.807) is 23.3 Å². The van der Waals surface area contributed by atoms with E-state index in [-0.39, 0.29) is 5.75 Å². The van der Waals surface area contributed by atoms with E-state index in [2.05, 4.69) is 20.4 Å². The highest BCUT2D eigenvalue weighted by Crippen LogP contribution is 2.21. The molecule has 0 aliphatic carbocycles. The van der Waals surface area contributed by atoms with Crippen LogP contribution in [0.1, 0.15) is 11.1 Å². The van der Waals surface area contributed by atoms with Crippen molar-refractivity contribution in [2.24, 2.45) is 0 Å². The number of hydrogen-bond donors (Lipinski definition) is 2. The first-order chi connectivity index (χ1) is 10.2. The molecule has 0 aliphatic heterocycles. The fraction of sp³-hybridized carbons (Fsp3) is 0.133. The van der Waals surface area contributed by atoms with Gasteiger partial charge in [-0.25, -0.2) is 14.6 Å². The van der Waals surface area contributed by atoms with Gasteiger partial charge in [-0.05, 0) is 25.1 Å². The lowest BCUT2D eigenvalue weighted by molar-refractivity contribution is 0.469. The Morgan fingerprint density at radius 2 is 2.19 bits per heavy atom. The van der Waals surface area contributed by atoms with Crippen LogP contribution >= 0.6 is 0 Å². The topological polar surface area (TPSA) is 75.9 Å². The van der Waals surface area contributed by atoms with Gasteiger partial charge in [-0.1, -0.05) is 17.7 Å². The molecule has 0 saturated carbocycles. The van der Waals surface area contributed by atoms with Crippen molar-refractivity contribution in [3.8, 4) is 11.6 Å². The molecule has 6 nitrogen and oxygen atoms in total. The van der Waals surface area contributed by atoms with Gasteiger partial charge < -0.3 is 10.4 Å². The first-order valence-corrected chi connectivity index (χ1v) is 6.56. The maximum absolute atomic E-state index is 9.88. The summed E-state index contributed by atoms with van der Waals surface area (Å²) in [4.78, 5) is 8.24. The lowest BCUT2D eigenvalue weighted by atomic mass is 10.1. The number of hydrogen-bond acceptors (Lipinski definition) is 5. The lowest BCUT2D eigenvalue weighted by Gasteiger charge is -2.12. The molecule has 0 bridgehead atoms. The zero-order valence-electron chi connectivity index (χ0n) is 11.6. The van der Waals surface area contributed by atoms with Crippen LogP contribution in [0.2, 0.25) is 0 Å². The minimum absolute atomic E-state index is 0.277. The molecule has 0 atom stereocenters. The molecule has 2 N–H and O–H groups in total.